The summed E-state index contributed by atoms with van der Waals surface area (Å²) >= 11 is 0. The molecular weight excluding hydrogens is 110 g/mol. The van der Waals surface area contributed by atoms with E-state index in [1.807, 2.05) is 0 Å². The lowest BCUT2D eigenvalue weighted by molar-refractivity contribution is -0.140. The highest BCUT2D eigenvalue weighted by Gasteiger charge is 1.85. The molecule has 44 valence electrons. The van der Waals surface area contributed by atoms with Gasteiger partial charge in [-0.25, -0.2) is 0 Å². The number of nitrogens with zero attached hydrogens (tertiary/aromatic N) is 3. The molecule has 0 unspecified atom stereocenters. The Morgan fingerprint density at radius 2 is 2.62 bits per heavy atom. The van der Waals surface area contributed by atoms with Crippen LogP contribution in [-0.2, 0) is 9.53 Å². The summed E-state index contributed by atoms with van der Waals surface area (Å²) in [5.74, 6) is -0.447. The number of esters is 1. The molecule has 0 heterocycles. The first-order chi connectivity index (χ1) is 3.77. The predicted octanol–water partition coefficient (Wildman–Crippen LogP) is 0.817. The van der Waals surface area contributed by atoms with Crippen molar-refractivity contribution in [3.8, 4) is 0 Å². The average molecular weight is 115 g/mol. The van der Waals surface area contributed by atoms with E-state index in [0.29, 0.717) is 0 Å². The van der Waals surface area contributed by atoms with Crippen LogP contribution in [-0.4, -0.2) is 12.7 Å². The lowest BCUT2D eigenvalue weighted by Crippen LogP contribution is -1.96. The maximum Gasteiger partial charge on any atom is 0.302 e. The number of ether oxygens (including phenoxy) is 1. The van der Waals surface area contributed by atoms with Crippen molar-refractivity contribution in [3.05, 3.63) is 10.4 Å². The van der Waals surface area contributed by atoms with Gasteiger partial charge in [0, 0.05) is 11.8 Å². The molecule has 0 atom stereocenters. The molecule has 0 aromatic rings. The van der Waals surface area contributed by atoms with Gasteiger partial charge in [-0.05, 0) is 5.53 Å². The quantitative estimate of drug-likeness (QED) is 0.231. The Bertz CT molecular complexity index is 124. The van der Waals surface area contributed by atoms with Crippen molar-refractivity contribution in [2.45, 2.75) is 6.92 Å². The van der Waals surface area contributed by atoms with Crippen LogP contribution >= 0.6 is 0 Å². The summed E-state index contributed by atoms with van der Waals surface area (Å²) in [6, 6.07) is 0. The third-order valence-corrected chi connectivity index (χ3v) is 0.389. The third-order valence-electron chi connectivity index (χ3n) is 0.389. The minimum absolute atomic E-state index is 0.216. The van der Waals surface area contributed by atoms with Crippen molar-refractivity contribution in [1.29, 1.82) is 0 Å². The monoisotopic (exact) mass is 115 g/mol. The van der Waals surface area contributed by atoms with Crippen LogP contribution in [0.1, 0.15) is 6.92 Å². The van der Waals surface area contributed by atoms with Gasteiger partial charge in [0.1, 0.15) is 0 Å². The molecule has 0 aliphatic carbocycles. The Balaban J connectivity index is 3.18. The molecule has 0 aromatic heterocycles. The van der Waals surface area contributed by atoms with Crippen LogP contribution in [0.4, 0.5) is 0 Å². The van der Waals surface area contributed by atoms with Crippen LogP contribution in [0.25, 0.3) is 10.4 Å². The Labute approximate surface area is 45.9 Å². The molecule has 5 heteroatoms. The lowest BCUT2D eigenvalue weighted by Gasteiger charge is -1.89. The van der Waals surface area contributed by atoms with Crippen molar-refractivity contribution < 1.29 is 9.53 Å². The molecule has 5 nitrogen and oxygen atoms in total. The fraction of sp³-hybridized carbons (Fsp3) is 0.667. The van der Waals surface area contributed by atoms with Crippen LogP contribution in [0.15, 0.2) is 5.11 Å². The highest BCUT2D eigenvalue weighted by atomic mass is 16.5. The third kappa shape index (κ3) is 4.78. The maximum absolute atomic E-state index is 9.91. The number of hydrogen-bond acceptors (Lipinski definition) is 3. The van der Waals surface area contributed by atoms with Crippen molar-refractivity contribution >= 4 is 5.97 Å². The average Bonchev–Trinajstić information content (AvgIpc) is 1.66. The molecule has 0 amide bonds. The molecule has 0 rings (SSSR count). The molecule has 0 saturated carbocycles. The van der Waals surface area contributed by atoms with Gasteiger partial charge in [-0.15, -0.1) is 0 Å². The summed E-state index contributed by atoms with van der Waals surface area (Å²) in [5, 5.41) is 2.95. The largest absolute Gasteiger partial charge is 0.460 e. The van der Waals surface area contributed by atoms with Crippen molar-refractivity contribution in [1.82, 2.24) is 0 Å². The molecule has 8 heavy (non-hydrogen) atoms. The first-order valence-corrected chi connectivity index (χ1v) is 1.91. The summed E-state index contributed by atoms with van der Waals surface area (Å²) in [6.07, 6.45) is 0. The van der Waals surface area contributed by atoms with E-state index in [1.54, 1.807) is 0 Å². The van der Waals surface area contributed by atoms with Crippen LogP contribution < -0.4 is 0 Å². The van der Waals surface area contributed by atoms with Gasteiger partial charge in [0.05, 0.1) is 0 Å². The van der Waals surface area contributed by atoms with Crippen molar-refractivity contribution in [2.75, 3.05) is 6.73 Å². The second kappa shape index (κ2) is 3.95. The zero-order valence-corrected chi connectivity index (χ0v) is 4.37. The zero-order valence-electron chi connectivity index (χ0n) is 4.37. The van der Waals surface area contributed by atoms with Gasteiger partial charge >= 0.3 is 5.97 Å². The standard InChI is InChI=1S/C3H5N3O2/c1-3(7)8-2-5-6-4/h2H2,1H3. The number of rotatable bonds is 2. The molecule has 0 radical (unpaired) electrons. The Kier molecular flexibility index (Phi) is 3.35. The normalized spacial score (nSPS) is 7.12. The molecule has 0 fully saturated rings. The van der Waals surface area contributed by atoms with Gasteiger partial charge in [0.15, 0.2) is 6.73 Å². The second-order valence-electron chi connectivity index (χ2n) is 0.996. The summed E-state index contributed by atoms with van der Waals surface area (Å²) in [6.45, 7) is 1.03. The second-order valence-corrected chi connectivity index (χ2v) is 0.996. The molecular formula is C3H5N3O2. The highest BCUT2D eigenvalue weighted by molar-refractivity contribution is 5.65. The van der Waals surface area contributed by atoms with E-state index in [1.165, 1.54) is 6.92 Å². The summed E-state index contributed by atoms with van der Waals surface area (Å²) in [7, 11) is 0. The number of hydrogen-bond donors (Lipinski definition) is 0. The van der Waals surface area contributed by atoms with E-state index in [2.05, 4.69) is 14.8 Å². The fourth-order valence-corrected chi connectivity index (χ4v) is 0.146. The molecule has 0 N–H and O–H groups in total. The first-order valence-electron chi connectivity index (χ1n) is 1.91. The molecule has 0 saturated heterocycles. The van der Waals surface area contributed by atoms with Crippen molar-refractivity contribution in [2.24, 2.45) is 5.11 Å². The Hall–Kier alpha value is -1.22. The van der Waals surface area contributed by atoms with Crippen LogP contribution in [0.3, 0.4) is 0 Å². The number of carbonyl (C=O) groups excluding carboxylic acids is 1. The minimum Gasteiger partial charge on any atom is -0.460 e. The van der Waals surface area contributed by atoms with E-state index < -0.39 is 5.97 Å². The van der Waals surface area contributed by atoms with E-state index in [-0.39, 0.29) is 6.73 Å². The summed E-state index contributed by atoms with van der Waals surface area (Å²) in [5.41, 5.74) is 7.65. The molecule has 0 aliphatic heterocycles. The van der Waals surface area contributed by atoms with Crippen molar-refractivity contribution in [3.63, 3.8) is 0 Å². The zero-order chi connectivity index (χ0) is 6.41. The van der Waals surface area contributed by atoms with Gasteiger partial charge in [-0.1, -0.05) is 5.11 Å². The van der Waals surface area contributed by atoms with Crippen LogP contribution in [0.5, 0.6) is 0 Å². The predicted molar refractivity (Wildman–Crippen MR) is 25.8 cm³/mol. The van der Waals surface area contributed by atoms with E-state index in [0.717, 1.165) is 0 Å². The van der Waals surface area contributed by atoms with Crippen LogP contribution in [0, 0.1) is 0 Å². The van der Waals surface area contributed by atoms with Gasteiger partial charge in [0.2, 0.25) is 0 Å². The first kappa shape index (κ1) is 6.78. The smallest absolute Gasteiger partial charge is 0.302 e. The summed E-state index contributed by atoms with van der Waals surface area (Å²) < 4.78 is 4.22. The Morgan fingerprint density at radius 3 is 3.00 bits per heavy atom. The summed E-state index contributed by atoms with van der Waals surface area (Å²) in [4.78, 5) is 12.3. The van der Waals surface area contributed by atoms with Crippen LogP contribution in [0.2, 0.25) is 0 Å². The van der Waals surface area contributed by atoms with Gasteiger partial charge in [0.25, 0.3) is 0 Å². The Morgan fingerprint density at radius 1 is 2.00 bits per heavy atom. The van der Waals surface area contributed by atoms with Gasteiger partial charge in [-0.2, -0.15) is 0 Å². The van der Waals surface area contributed by atoms with E-state index >= 15 is 0 Å². The van der Waals surface area contributed by atoms with Gasteiger partial charge in [-0.3, -0.25) is 4.79 Å². The fourth-order valence-electron chi connectivity index (χ4n) is 0.146. The number of azide groups is 1. The van der Waals surface area contributed by atoms with E-state index in [4.69, 9.17) is 5.53 Å². The lowest BCUT2D eigenvalue weighted by atomic mass is 10.8. The topological polar surface area (TPSA) is 75.1 Å². The molecule has 0 aliphatic rings. The highest BCUT2D eigenvalue weighted by Crippen LogP contribution is 1.75. The maximum atomic E-state index is 9.91. The minimum atomic E-state index is -0.447. The molecule has 0 bridgehead atoms. The molecule has 0 spiro atoms. The van der Waals surface area contributed by atoms with E-state index in [9.17, 15) is 4.79 Å². The molecule has 0 aromatic carbocycles. The van der Waals surface area contributed by atoms with Gasteiger partial charge < -0.3 is 4.74 Å². The number of carbonyl (C=O) groups is 1. The SMILES string of the molecule is CC(=O)OCN=[N+]=[N-].